The van der Waals surface area contributed by atoms with Crippen molar-refractivity contribution in [1.29, 1.82) is 0 Å². The van der Waals surface area contributed by atoms with E-state index in [9.17, 15) is 4.39 Å². The van der Waals surface area contributed by atoms with Gasteiger partial charge in [0.1, 0.15) is 17.7 Å². The standard InChI is InChI=1S/C10H12BFO4/c12-7-1-2-10(9(5-7)11(13)14)16-8-3-4-15-6-8/h1-2,5,8,13-14H,3-4,6H2. The van der Waals surface area contributed by atoms with Gasteiger partial charge in [0.2, 0.25) is 0 Å². The van der Waals surface area contributed by atoms with Crippen LogP contribution in [0.25, 0.3) is 0 Å². The molecular formula is C10H12BFO4. The Morgan fingerprint density at radius 3 is 2.88 bits per heavy atom. The average Bonchev–Trinajstić information content (AvgIpc) is 2.73. The maximum Gasteiger partial charge on any atom is 0.492 e. The molecule has 1 atom stereocenters. The van der Waals surface area contributed by atoms with Gasteiger partial charge in [-0.25, -0.2) is 4.39 Å². The maximum atomic E-state index is 12.9. The molecule has 1 fully saturated rings. The monoisotopic (exact) mass is 226 g/mol. The van der Waals surface area contributed by atoms with Gasteiger partial charge in [-0.15, -0.1) is 0 Å². The minimum absolute atomic E-state index is 0.0342. The maximum absolute atomic E-state index is 12.9. The first-order chi connectivity index (χ1) is 7.66. The Kier molecular flexibility index (Phi) is 3.43. The molecule has 1 unspecified atom stereocenters. The lowest BCUT2D eigenvalue weighted by molar-refractivity contribution is 0.142. The minimum atomic E-state index is -1.74. The molecule has 2 N–H and O–H groups in total. The minimum Gasteiger partial charge on any atom is -0.488 e. The summed E-state index contributed by atoms with van der Waals surface area (Å²) in [5.41, 5.74) is 0.0342. The first kappa shape index (κ1) is 11.4. The molecule has 1 heterocycles. The van der Waals surface area contributed by atoms with E-state index in [1.54, 1.807) is 0 Å². The Bertz CT molecular complexity index is 366. The van der Waals surface area contributed by atoms with Crippen molar-refractivity contribution < 1.29 is 23.9 Å². The highest BCUT2D eigenvalue weighted by Gasteiger charge is 2.22. The van der Waals surface area contributed by atoms with E-state index in [0.29, 0.717) is 13.2 Å². The van der Waals surface area contributed by atoms with Crippen LogP contribution in [0, 0.1) is 5.82 Å². The van der Waals surface area contributed by atoms with Crippen LogP contribution in [0.15, 0.2) is 18.2 Å². The van der Waals surface area contributed by atoms with Crippen molar-refractivity contribution >= 4 is 12.6 Å². The zero-order valence-corrected chi connectivity index (χ0v) is 8.60. The summed E-state index contributed by atoms with van der Waals surface area (Å²) in [6.07, 6.45) is 0.640. The summed E-state index contributed by atoms with van der Waals surface area (Å²) >= 11 is 0. The quantitative estimate of drug-likeness (QED) is 0.693. The Morgan fingerprint density at radius 2 is 2.25 bits per heavy atom. The highest BCUT2D eigenvalue weighted by atomic mass is 19.1. The molecule has 0 amide bonds. The summed E-state index contributed by atoms with van der Waals surface area (Å²) in [5.74, 6) is -0.245. The fourth-order valence-corrected chi connectivity index (χ4v) is 1.61. The molecule has 0 radical (unpaired) electrons. The molecule has 1 aliphatic rings. The first-order valence-corrected chi connectivity index (χ1v) is 5.07. The predicted molar refractivity (Wildman–Crippen MR) is 56.1 cm³/mol. The van der Waals surface area contributed by atoms with Gasteiger partial charge >= 0.3 is 7.12 Å². The smallest absolute Gasteiger partial charge is 0.488 e. The van der Waals surface area contributed by atoms with Crippen molar-refractivity contribution in [2.75, 3.05) is 13.2 Å². The fraction of sp³-hybridized carbons (Fsp3) is 0.400. The van der Waals surface area contributed by atoms with Crippen LogP contribution in [-0.2, 0) is 4.74 Å². The number of ether oxygens (including phenoxy) is 2. The third kappa shape index (κ3) is 2.52. The van der Waals surface area contributed by atoms with Gasteiger partial charge in [0.25, 0.3) is 0 Å². The largest absolute Gasteiger partial charge is 0.492 e. The van der Waals surface area contributed by atoms with Gasteiger partial charge < -0.3 is 19.5 Å². The predicted octanol–water partition coefficient (Wildman–Crippen LogP) is -0.327. The molecular weight excluding hydrogens is 214 g/mol. The molecule has 86 valence electrons. The summed E-state index contributed by atoms with van der Waals surface area (Å²) in [5, 5.41) is 18.2. The Hall–Kier alpha value is -1.11. The van der Waals surface area contributed by atoms with Crippen LogP contribution in [-0.4, -0.2) is 36.5 Å². The topological polar surface area (TPSA) is 58.9 Å². The first-order valence-electron chi connectivity index (χ1n) is 5.07. The number of hydrogen-bond donors (Lipinski definition) is 2. The van der Waals surface area contributed by atoms with Gasteiger partial charge in [0, 0.05) is 11.9 Å². The van der Waals surface area contributed by atoms with Crippen LogP contribution in [0.3, 0.4) is 0 Å². The SMILES string of the molecule is OB(O)c1cc(F)ccc1OC1CCOC1. The molecule has 1 saturated heterocycles. The van der Waals surface area contributed by atoms with Crippen molar-refractivity contribution in [3.8, 4) is 5.75 Å². The molecule has 16 heavy (non-hydrogen) atoms. The third-order valence-corrected chi connectivity index (χ3v) is 2.43. The normalized spacial score (nSPS) is 19.8. The average molecular weight is 226 g/mol. The second-order valence-corrected chi connectivity index (χ2v) is 3.66. The van der Waals surface area contributed by atoms with Crippen molar-refractivity contribution in [3.63, 3.8) is 0 Å². The van der Waals surface area contributed by atoms with Gasteiger partial charge in [-0.05, 0) is 18.2 Å². The van der Waals surface area contributed by atoms with E-state index in [4.69, 9.17) is 19.5 Å². The Morgan fingerprint density at radius 1 is 1.44 bits per heavy atom. The molecule has 1 aliphatic heterocycles. The van der Waals surface area contributed by atoms with Gasteiger partial charge in [0.15, 0.2) is 0 Å². The van der Waals surface area contributed by atoms with Crippen LogP contribution in [0.4, 0.5) is 4.39 Å². The molecule has 1 aromatic carbocycles. The molecule has 0 aromatic heterocycles. The number of rotatable bonds is 3. The summed E-state index contributed by atoms with van der Waals surface area (Å²) in [7, 11) is -1.74. The fourth-order valence-electron chi connectivity index (χ4n) is 1.61. The van der Waals surface area contributed by atoms with E-state index in [1.165, 1.54) is 12.1 Å². The van der Waals surface area contributed by atoms with Crippen LogP contribution in [0.1, 0.15) is 6.42 Å². The second kappa shape index (κ2) is 4.82. The molecule has 0 bridgehead atoms. The van der Waals surface area contributed by atoms with Gasteiger partial charge in [-0.2, -0.15) is 0 Å². The zero-order valence-electron chi connectivity index (χ0n) is 8.60. The van der Waals surface area contributed by atoms with Crippen LogP contribution >= 0.6 is 0 Å². The highest BCUT2D eigenvalue weighted by Crippen LogP contribution is 2.16. The van der Waals surface area contributed by atoms with Gasteiger partial charge in [0.05, 0.1) is 13.2 Å². The second-order valence-electron chi connectivity index (χ2n) is 3.66. The lowest BCUT2D eigenvalue weighted by atomic mass is 9.79. The van der Waals surface area contributed by atoms with Crippen LogP contribution < -0.4 is 10.2 Å². The van der Waals surface area contributed by atoms with Crippen LogP contribution in [0.2, 0.25) is 0 Å². The van der Waals surface area contributed by atoms with Crippen molar-refractivity contribution in [2.24, 2.45) is 0 Å². The third-order valence-electron chi connectivity index (χ3n) is 2.43. The Balaban J connectivity index is 2.18. The van der Waals surface area contributed by atoms with Gasteiger partial charge in [-0.1, -0.05) is 0 Å². The lowest BCUT2D eigenvalue weighted by Gasteiger charge is -2.15. The number of benzene rings is 1. The lowest BCUT2D eigenvalue weighted by Crippen LogP contribution is -2.33. The molecule has 0 spiro atoms. The van der Waals surface area contributed by atoms with E-state index in [0.717, 1.165) is 12.5 Å². The molecule has 0 aliphatic carbocycles. The highest BCUT2D eigenvalue weighted by molar-refractivity contribution is 6.59. The summed E-state index contributed by atoms with van der Waals surface area (Å²) < 4.78 is 23.6. The van der Waals surface area contributed by atoms with Gasteiger partial charge in [-0.3, -0.25) is 0 Å². The zero-order chi connectivity index (χ0) is 11.5. The van der Waals surface area contributed by atoms with E-state index >= 15 is 0 Å². The van der Waals surface area contributed by atoms with E-state index < -0.39 is 12.9 Å². The molecule has 2 rings (SSSR count). The van der Waals surface area contributed by atoms with E-state index in [2.05, 4.69) is 0 Å². The van der Waals surface area contributed by atoms with E-state index in [-0.39, 0.29) is 17.3 Å². The molecule has 4 nitrogen and oxygen atoms in total. The van der Waals surface area contributed by atoms with Crippen molar-refractivity contribution in [1.82, 2.24) is 0 Å². The number of halogens is 1. The van der Waals surface area contributed by atoms with Crippen molar-refractivity contribution in [3.05, 3.63) is 24.0 Å². The van der Waals surface area contributed by atoms with Crippen molar-refractivity contribution in [2.45, 2.75) is 12.5 Å². The summed E-state index contributed by atoms with van der Waals surface area (Å²) in [4.78, 5) is 0. The molecule has 0 saturated carbocycles. The summed E-state index contributed by atoms with van der Waals surface area (Å²) in [6, 6.07) is 3.66. The van der Waals surface area contributed by atoms with E-state index in [1.807, 2.05) is 0 Å². The molecule has 6 heteroatoms. The number of hydrogen-bond acceptors (Lipinski definition) is 4. The Labute approximate surface area is 92.8 Å². The molecule has 1 aromatic rings. The van der Waals surface area contributed by atoms with Crippen LogP contribution in [0.5, 0.6) is 5.75 Å². The summed E-state index contributed by atoms with van der Waals surface area (Å²) in [6.45, 7) is 1.10.